The normalized spacial score (nSPS) is 18.2. The third-order valence-electron chi connectivity index (χ3n) is 6.96. The Bertz CT molecular complexity index is 1620. The highest BCUT2D eigenvalue weighted by Gasteiger charge is 2.35. The maximum atomic E-state index is 12.8. The molecule has 2 aliphatic heterocycles. The van der Waals surface area contributed by atoms with Crippen LogP contribution in [0.3, 0.4) is 0 Å². The van der Waals surface area contributed by atoms with E-state index in [2.05, 4.69) is 10.3 Å². The molecule has 1 saturated heterocycles. The molecule has 1 fully saturated rings. The summed E-state index contributed by atoms with van der Waals surface area (Å²) in [4.78, 5) is 24.6. The summed E-state index contributed by atoms with van der Waals surface area (Å²) in [5, 5.41) is 10.6. The number of aryl methyl sites for hydroxylation is 1. The molecule has 5 rings (SSSR count). The zero-order valence-electron chi connectivity index (χ0n) is 22.0. The van der Waals surface area contributed by atoms with Gasteiger partial charge in [-0.05, 0) is 24.5 Å². The number of thiazole rings is 1. The van der Waals surface area contributed by atoms with Gasteiger partial charge in [-0.25, -0.2) is 9.67 Å². The maximum Gasteiger partial charge on any atom is 0.435 e. The zero-order valence-corrected chi connectivity index (χ0v) is 24.4. The largest absolute Gasteiger partial charge is 0.468 e. The lowest BCUT2D eigenvalue weighted by atomic mass is 9.97. The van der Waals surface area contributed by atoms with Crippen LogP contribution in [0.2, 0.25) is 5.02 Å². The summed E-state index contributed by atoms with van der Waals surface area (Å²) in [6, 6.07) is 5.52. The maximum absolute atomic E-state index is 12.8. The van der Waals surface area contributed by atoms with Crippen molar-refractivity contribution in [3.8, 4) is 5.88 Å². The number of hydrogen-bond donors (Lipinski definition) is 1. The first-order valence-corrected chi connectivity index (χ1v) is 15.6. The van der Waals surface area contributed by atoms with Crippen LogP contribution >= 0.6 is 22.9 Å². The number of likely N-dealkylation sites (tertiary alicyclic amines) is 1. The molecule has 42 heavy (non-hydrogen) atoms. The zero-order chi connectivity index (χ0) is 30.2. The highest BCUT2D eigenvalue weighted by Crippen LogP contribution is 2.38. The molecule has 0 spiro atoms. The van der Waals surface area contributed by atoms with Crippen molar-refractivity contribution in [2.24, 2.45) is 12.2 Å². The predicted octanol–water partition coefficient (Wildman–Crippen LogP) is 4.59. The molecule has 1 unspecified atom stereocenters. The molecule has 1 aromatic carbocycles. The summed E-state index contributed by atoms with van der Waals surface area (Å²) in [7, 11) is -2.98. The smallest absolute Gasteiger partial charge is 0.435 e. The second-order valence-corrected chi connectivity index (χ2v) is 12.6. The molecule has 17 heteroatoms. The number of ether oxygens (including phenoxy) is 1. The quantitative estimate of drug-likeness (QED) is 0.351. The van der Waals surface area contributed by atoms with Gasteiger partial charge >= 0.3 is 6.18 Å². The van der Waals surface area contributed by atoms with Gasteiger partial charge in [0.2, 0.25) is 5.88 Å². The van der Waals surface area contributed by atoms with Crippen LogP contribution in [0.5, 0.6) is 5.88 Å². The Labute approximate surface area is 247 Å². The van der Waals surface area contributed by atoms with E-state index in [0.717, 1.165) is 15.8 Å². The summed E-state index contributed by atoms with van der Waals surface area (Å²) in [5.41, 5.74) is 0.878. The predicted molar refractivity (Wildman–Crippen MR) is 146 cm³/mol. The molecule has 0 aliphatic carbocycles. The van der Waals surface area contributed by atoms with Crippen LogP contribution < -0.4 is 4.74 Å². The third kappa shape index (κ3) is 6.88. The molecule has 226 valence electrons. The molecule has 2 aliphatic rings. The van der Waals surface area contributed by atoms with Crippen molar-refractivity contribution < 1.29 is 40.5 Å². The van der Waals surface area contributed by atoms with Crippen molar-refractivity contribution in [1.29, 1.82) is 0 Å². The van der Waals surface area contributed by atoms with E-state index in [1.54, 1.807) is 23.1 Å². The molecule has 1 amide bonds. The number of hydrogen-bond acceptors (Lipinski definition) is 9. The number of aromatic nitrogens is 3. The minimum atomic E-state index is -4.61. The van der Waals surface area contributed by atoms with Crippen LogP contribution in [-0.2, 0) is 38.7 Å². The number of amides is 1. The highest BCUT2D eigenvalue weighted by atomic mass is 35.5. The summed E-state index contributed by atoms with van der Waals surface area (Å²) < 4.78 is 77.1. The van der Waals surface area contributed by atoms with Crippen molar-refractivity contribution in [1.82, 2.24) is 19.7 Å². The average Bonchev–Trinajstić information content (AvgIpc) is 3.66. The topological polar surface area (TPSA) is 136 Å². The average molecular weight is 648 g/mol. The van der Waals surface area contributed by atoms with Gasteiger partial charge in [-0.2, -0.15) is 26.7 Å². The Morgan fingerprint density at radius 1 is 1.29 bits per heavy atom. The van der Waals surface area contributed by atoms with Crippen LogP contribution in [0.1, 0.15) is 58.8 Å². The van der Waals surface area contributed by atoms with Gasteiger partial charge in [-0.3, -0.25) is 9.35 Å². The van der Waals surface area contributed by atoms with Gasteiger partial charge in [0.15, 0.2) is 18.4 Å². The Morgan fingerprint density at radius 2 is 2.02 bits per heavy atom. The minimum Gasteiger partial charge on any atom is -0.468 e. The summed E-state index contributed by atoms with van der Waals surface area (Å²) in [6.45, 7) is 0.480. The highest BCUT2D eigenvalue weighted by molar-refractivity contribution is 7.85. The van der Waals surface area contributed by atoms with E-state index in [1.807, 2.05) is 5.38 Å². The van der Waals surface area contributed by atoms with Crippen LogP contribution in [0.4, 0.5) is 13.2 Å². The molecule has 3 aromatic rings. The Hall–Kier alpha value is -3.21. The van der Waals surface area contributed by atoms with E-state index < -0.39 is 40.5 Å². The number of carbonyl (C=O) groups is 1. The molecule has 0 bridgehead atoms. The lowest BCUT2D eigenvalue weighted by Crippen LogP contribution is -2.40. The number of nitrogens with zero attached hydrogens (tertiary/aromatic N) is 5. The van der Waals surface area contributed by atoms with E-state index in [0.29, 0.717) is 59.9 Å². The first-order chi connectivity index (χ1) is 19.8. The van der Waals surface area contributed by atoms with Crippen molar-refractivity contribution in [2.45, 2.75) is 43.2 Å². The van der Waals surface area contributed by atoms with Gasteiger partial charge in [-0.15, -0.1) is 11.3 Å². The van der Waals surface area contributed by atoms with Gasteiger partial charge in [0.05, 0.1) is 10.7 Å². The van der Waals surface area contributed by atoms with E-state index >= 15 is 0 Å². The molecule has 1 atom stereocenters. The van der Waals surface area contributed by atoms with Crippen LogP contribution in [-0.4, -0.2) is 64.0 Å². The number of halogens is 4. The molecule has 2 aromatic heterocycles. The first-order valence-electron chi connectivity index (χ1n) is 12.7. The van der Waals surface area contributed by atoms with Crippen molar-refractivity contribution >= 4 is 44.7 Å². The number of oxime groups is 1. The standard InChI is InChI=1S/C25H25ClF3N5O6S2/c1-33-22(10-20(31-33)25(27,28)29)39-11-21(35)34-7-5-14(6-8-34)24-30-18(12-41-24)17-9-19(40-32-17)23-15(13-42(36,37)38)3-2-4-16(23)26/h2-4,10,12,14,19H,5-9,11,13H2,1H3,(H,36,37,38). The molecule has 11 nitrogen and oxygen atoms in total. The Balaban J connectivity index is 1.15. The lowest BCUT2D eigenvalue weighted by Gasteiger charge is -2.31. The monoisotopic (exact) mass is 647 g/mol. The molecular weight excluding hydrogens is 623 g/mol. The second kappa shape index (κ2) is 11.8. The molecule has 0 saturated carbocycles. The Morgan fingerprint density at radius 3 is 2.69 bits per heavy atom. The fourth-order valence-electron chi connectivity index (χ4n) is 4.88. The Kier molecular flexibility index (Phi) is 8.51. The first kappa shape index (κ1) is 30.3. The molecule has 1 N–H and O–H groups in total. The lowest BCUT2D eigenvalue weighted by molar-refractivity contribution is -0.141. The summed E-state index contributed by atoms with van der Waals surface area (Å²) in [5.74, 6) is -0.983. The van der Waals surface area contributed by atoms with Gasteiger partial charge in [0.25, 0.3) is 16.0 Å². The number of carbonyl (C=O) groups excluding carboxylic acids is 1. The van der Waals surface area contributed by atoms with E-state index in [4.69, 9.17) is 26.2 Å². The number of rotatable bonds is 8. The van der Waals surface area contributed by atoms with Gasteiger partial charge in [0.1, 0.15) is 11.5 Å². The third-order valence-corrected chi connectivity index (χ3v) is 8.97. The minimum absolute atomic E-state index is 0.101. The van der Waals surface area contributed by atoms with E-state index in [9.17, 15) is 30.9 Å². The molecular formula is C25H25ClF3N5O6S2. The van der Waals surface area contributed by atoms with Crippen LogP contribution in [0, 0.1) is 0 Å². The summed E-state index contributed by atoms with van der Waals surface area (Å²) in [6.07, 6.45) is -3.65. The molecule has 4 heterocycles. The van der Waals surface area contributed by atoms with Gasteiger partial charge in [0, 0.05) is 54.5 Å². The fraction of sp³-hybridized carbons (Fsp3) is 0.440. The number of benzene rings is 1. The van der Waals surface area contributed by atoms with Crippen molar-refractivity contribution in [2.75, 3.05) is 19.7 Å². The fourth-order valence-corrected chi connectivity index (χ4v) is 6.84. The van der Waals surface area contributed by atoms with E-state index in [1.165, 1.54) is 18.4 Å². The van der Waals surface area contributed by atoms with Crippen molar-refractivity contribution in [3.05, 3.63) is 62.2 Å². The summed E-state index contributed by atoms with van der Waals surface area (Å²) >= 11 is 7.81. The van der Waals surface area contributed by atoms with E-state index in [-0.39, 0.29) is 17.7 Å². The molecule has 0 radical (unpaired) electrons. The SMILES string of the molecule is Cn1nc(C(F)(F)F)cc1OCC(=O)N1CCC(c2nc(C3=NOC(c4c(Cl)cccc4CS(=O)(=O)O)C3)cs2)CC1. The number of alkyl halides is 3. The van der Waals surface area contributed by atoms with Gasteiger partial charge < -0.3 is 14.5 Å². The number of piperidine rings is 1. The van der Waals surface area contributed by atoms with Crippen LogP contribution in [0.15, 0.2) is 34.8 Å². The second-order valence-electron chi connectivity index (χ2n) is 9.88. The van der Waals surface area contributed by atoms with Crippen molar-refractivity contribution in [3.63, 3.8) is 0 Å². The van der Waals surface area contributed by atoms with Crippen LogP contribution in [0.25, 0.3) is 0 Å². The van der Waals surface area contributed by atoms with Gasteiger partial charge in [-0.1, -0.05) is 28.9 Å².